The van der Waals surface area contributed by atoms with Crippen molar-refractivity contribution >= 4 is 17.5 Å². The summed E-state index contributed by atoms with van der Waals surface area (Å²) in [4.78, 5) is 36.4. The van der Waals surface area contributed by atoms with E-state index in [2.05, 4.69) is 5.32 Å². The molecule has 0 fully saturated rings. The maximum Gasteiger partial charge on any atom is 0.269 e. The summed E-state index contributed by atoms with van der Waals surface area (Å²) in [6.45, 7) is 3.51. The smallest absolute Gasteiger partial charge is 0.269 e. The van der Waals surface area contributed by atoms with Crippen LogP contribution >= 0.6 is 0 Å². The van der Waals surface area contributed by atoms with Gasteiger partial charge in [0.1, 0.15) is 0 Å². The second-order valence-corrected chi connectivity index (χ2v) is 6.08. The minimum Gasteiger partial charge on any atom is -0.343 e. The fourth-order valence-electron chi connectivity index (χ4n) is 2.51. The molecule has 2 amide bonds. The highest BCUT2D eigenvalue weighted by atomic mass is 16.6. The van der Waals surface area contributed by atoms with Crippen LogP contribution in [0.1, 0.15) is 34.5 Å². The molecule has 2 rings (SSSR count). The van der Waals surface area contributed by atoms with Crippen LogP contribution in [0.3, 0.4) is 0 Å². The molecule has 1 N–H and O–H groups in total. The summed E-state index contributed by atoms with van der Waals surface area (Å²) >= 11 is 0. The molecule has 2 aromatic carbocycles. The lowest BCUT2D eigenvalue weighted by molar-refractivity contribution is -0.384. The molecule has 0 bridgehead atoms. The van der Waals surface area contributed by atoms with E-state index in [0.717, 1.165) is 5.56 Å². The zero-order valence-electron chi connectivity index (χ0n) is 14.9. The van der Waals surface area contributed by atoms with E-state index in [9.17, 15) is 19.7 Å². The first-order valence-electron chi connectivity index (χ1n) is 8.14. The minimum absolute atomic E-state index is 0.0250. The number of likely N-dealkylation sites (N-methyl/N-ethyl adjacent to an activating group) is 1. The molecule has 7 nitrogen and oxygen atoms in total. The molecular weight excluding hydrogens is 334 g/mol. The van der Waals surface area contributed by atoms with Gasteiger partial charge >= 0.3 is 0 Å². The molecule has 1 atom stereocenters. The van der Waals surface area contributed by atoms with Crippen molar-refractivity contribution in [3.63, 3.8) is 0 Å². The Hall–Kier alpha value is -3.22. The molecular formula is C19H21N3O4. The topological polar surface area (TPSA) is 92.6 Å². The van der Waals surface area contributed by atoms with Gasteiger partial charge in [0.15, 0.2) is 0 Å². The highest BCUT2D eigenvalue weighted by Gasteiger charge is 2.20. The van der Waals surface area contributed by atoms with Crippen LogP contribution in [0, 0.1) is 17.0 Å². The van der Waals surface area contributed by atoms with E-state index in [4.69, 9.17) is 0 Å². The van der Waals surface area contributed by atoms with Crippen LogP contribution in [0.5, 0.6) is 0 Å². The third-order valence-corrected chi connectivity index (χ3v) is 4.22. The van der Waals surface area contributed by atoms with Crippen molar-refractivity contribution < 1.29 is 14.5 Å². The number of rotatable bonds is 6. The number of nitro benzene ring substituents is 1. The van der Waals surface area contributed by atoms with Gasteiger partial charge in [0, 0.05) is 24.7 Å². The molecule has 0 saturated heterocycles. The molecule has 0 radical (unpaired) electrons. The standard InChI is InChI=1S/C19H21N3O4/c1-13-6-4-8-16(10-13)19(24)20-12-18(23)21(3)14(2)15-7-5-9-17(11-15)22(25)26/h4-11,14H,12H2,1-3H3,(H,20,24)/t14-/m1/s1. The fourth-order valence-corrected chi connectivity index (χ4v) is 2.51. The Labute approximate surface area is 151 Å². The number of nitro groups is 1. The summed E-state index contributed by atoms with van der Waals surface area (Å²) < 4.78 is 0. The van der Waals surface area contributed by atoms with E-state index in [0.29, 0.717) is 11.1 Å². The molecule has 0 aliphatic heterocycles. The van der Waals surface area contributed by atoms with Crippen LogP contribution < -0.4 is 5.32 Å². The van der Waals surface area contributed by atoms with Gasteiger partial charge in [-0.05, 0) is 31.5 Å². The number of nitrogens with zero attached hydrogens (tertiary/aromatic N) is 2. The predicted octanol–water partition coefficient (Wildman–Crippen LogP) is 2.85. The highest BCUT2D eigenvalue weighted by molar-refractivity contribution is 5.96. The number of aryl methyl sites for hydroxylation is 1. The maximum atomic E-state index is 12.4. The van der Waals surface area contributed by atoms with Crippen molar-refractivity contribution in [1.29, 1.82) is 0 Å². The summed E-state index contributed by atoms with van der Waals surface area (Å²) in [5.74, 6) is -0.608. The molecule has 0 unspecified atom stereocenters. The molecule has 0 heterocycles. The van der Waals surface area contributed by atoms with Crippen LogP contribution in [0.4, 0.5) is 5.69 Å². The van der Waals surface area contributed by atoms with Gasteiger partial charge in [0.05, 0.1) is 17.5 Å². The Morgan fingerprint density at radius 1 is 1.19 bits per heavy atom. The molecule has 0 aromatic heterocycles. The van der Waals surface area contributed by atoms with E-state index in [1.807, 2.05) is 13.0 Å². The van der Waals surface area contributed by atoms with Gasteiger partial charge in [-0.15, -0.1) is 0 Å². The Morgan fingerprint density at radius 3 is 2.54 bits per heavy atom. The quantitative estimate of drug-likeness (QED) is 0.637. The van der Waals surface area contributed by atoms with Crippen molar-refractivity contribution in [2.45, 2.75) is 19.9 Å². The fraction of sp³-hybridized carbons (Fsp3) is 0.263. The predicted molar refractivity (Wildman–Crippen MR) is 97.8 cm³/mol. The van der Waals surface area contributed by atoms with Gasteiger partial charge in [0.25, 0.3) is 11.6 Å². The Balaban J connectivity index is 1.99. The first-order chi connectivity index (χ1) is 12.3. The Bertz CT molecular complexity index is 835. The lowest BCUT2D eigenvalue weighted by atomic mass is 10.1. The zero-order valence-corrected chi connectivity index (χ0v) is 14.9. The summed E-state index contributed by atoms with van der Waals surface area (Å²) in [7, 11) is 1.60. The third kappa shape index (κ3) is 4.66. The van der Waals surface area contributed by atoms with E-state index < -0.39 is 4.92 Å². The van der Waals surface area contributed by atoms with Crippen molar-refractivity contribution in [3.8, 4) is 0 Å². The van der Waals surface area contributed by atoms with Crippen molar-refractivity contribution in [2.75, 3.05) is 13.6 Å². The van der Waals surface area contributed by atoms with E-state index in [1.165, 1.54) is 17.0 Å². The van der Waals surface area contributed by atoms with Gasteiger partial charge in [0.2, 0.25) is 5.91 Å². The molecule has 2 aromatic rings. The molecule has 0 aliphatic rings. The molecule has 0 saturated carbocycles. The number of amides is 2. The molecule has 136 valence electrons. The van der Waals surface area contributed by atoms with Crippen molar-refractivity contribution in [1.82, 2.24) is 10.2 Å². The van der Waals surface area contributed by atoms with Gasteiger partial charge in [-0.2, -0.15) is 0 Å². The lowest BCUT2D eigenvalue weighted by Crippen LogP contribution is -2.39. The van der Waals surface area contributed by atoms with Crippen LogP contribution in [0.2, 0.25) is 0 Å². The van der Waals surface area contributed by atoms with Gasteiger partial charge < -0.3 is 10.2 Å². The number of nitrogens with one attached hydrogen (secondary N) is 1. The van der Waals surface area contributed by atoms with Crippen LogP contribution in [-0.2, 0) is 4.79 Å². The maximum absolute atomic E-state index is 12.4. The Morgan fingerprint density at radius 2 is 1.88 bits per heavy atom. The second-order valence-electron chi connectivity index (χ2n) is 6.08. The lowest BCUT2D eigenvalue weighted by Gasteiger charge is -2.25. The summed E-state index contributed by atoms with van der Waals surface area (Å²) in [5, 5.41) is 13.5. The Kier molecular flexibility index (Phi) is 6.06. The average molecular weight is 355 g/mol. The van der Waals surface area contributed by atoms with Crippen molar-refractivity contribution in [3.05, 3.63) is 75.3 Å². The number of hydrogen-bond acceptors (Lipinski definition) is 4. The molecule has 0 aliphatic carbocycles. The highest BCUT2D eigenvalue weighted by Crippen LogP contribution is 2.22. The minimum atomic E-state index is -0.472. The second kappa shape index (κ2) is 8.24. The normalized spacial score (nSPS) is 11.5. The van der Waals surface area contributed by atoms with Crippen LogP contribution in [-0.4, -0.2) is 35.2 Å². The molecule has 7 heteroatoms. The average Bonchev–Trinajstić information content (AvgIpc) is 2.64. The first kappa shape index (κ1) is 19.1. The monoisotopic (exact) mass is 355 g/mol. The number of carbonyl (C=O) groups is 2. The van der Waals surface area contributed by atoms with E-state index >= 15 is 0 Å². The number of carbonyl (C=O) groups excluding carboxylic acids is 2. The largest absolute Gasteiger partial charge is 0.343 e. The van der Waals surface area contributed by atoms with Gasteiger partial charge in [-0.3, -0.25) is 19.7 Å². The summed E-state index contributed by atoms with van der Waals surface area (Å²) in [5.41, 5.74) is 2.08. The van der Waals surface area contributed by atoms with E-state index in [1.54, 1.807) is 44.3 Å². The van der Waals surface area contributed by atoms with Crippen LogP contribution in [0.15, 0.2) is 48.5 Å². The molecule has 26 heavy (non-hydrogen) atoms. The van der Waals surface area contributed by atoms with Gasteiger partial charge in [-0.25, -0.2) is 0 Å². The summed E-state index contributed by atoms with van der Waals surface area (Å²) in [6, 6.07) is 12.9. The first-order valence-corrected chi connectivity index (χ1v) is 8.14. The third-order valence-electron chi connectivity index (χ3n) is 4.22. The summed E-state index contributed by atoms with van der Waals surface area (Å²) in [6.07, 6.45) is 0. The molecule has 0 spiro atoms. The van der Waals surface area contributed by atoms with Crippen LogP contribution in [0.25, 0.3) is 0 Å². The number of non-ortho nitro benzene ring substituents is 1. The number of benzene rings is 2. The SMILES string of the molecule is Cc1cccc(C(=O)NCC(=O)N(C)[C@H](C)c2cccc([N+](=O)[O-])c2)c1. The van der Waals surface area contributed by atoms with Crippen molar-refractivity contribution in [2.24, 2.45) is 0 Å². The van der Waals surface area contributed by atoms with E-state index in [-0.39, 0.29) is 30.1 Å². The zero-order chi connectivity index (χ0) is 19.3. The number of hydrogen-bond donors (Lipinski definition) is 1. The van der Waals surface area contributed by atoms with Gasteiger partial charge in [-0.1, -0.05) is 29.8 Å².